The summed E-state index contributed by atoms with van der Waals surface area (Å²) in [6.45, 7) is 0.505. The van der Waals surface area contributed by atoms with E-state index in [0.717, 1.165) is 28.5 Å². The Morgan fingerprint density at radius 1 is 1.13 bits per heavy atom. The minimum atomic E-state index is 0.505. The Hall–Kier alpha value is -3.06. The van der Waals surface area contributed by atoms with Crippen molar-refractivity contribution in [2.45, 2.75) is 50.4 Å². The second kappa shape index (κ2) is 6.74. The van der Waals surface area contributed by atoms with Crippen LogP contribution in [0.3, 0.4) is 0 Å². The van der Waals surface area contributed by atoms with Crippen molar-refractivity contribution in [2.24, 2.45) is 0 Å². The molecule has 1 aromatic carbocycles. The van der Waals surface area contributed by atoms with Gasteiger partial charge in [-0.15, -0.1) is 0 Å². The summed E-state index contributed by atoms with van der Waals surface area (Å²) in [5.41, 5.74) is 10.8. The Morgan fingerprint density at radius 2 is 1.93 bits per heavy atom. The average Bonchev–Trinajstić information content (AvgIpc) is 3.36. The van der Waals surface area contributed by atoms with Gasteiger partial charge in [-0.3, -0.25) is 0 Å². The number of ether oxygens (including phenoxy) is 1. The number of nitrogen functional groups attached to an aromatic ring is 1. The number of fused-ring (bicyclic) bond motifs is 5. The minimum Gasteiger partial charge on any atom is -0.472 e. The van der Waals surface area contributed by atoms with Crippen LogP contribution in [0.25, 0.3) is 16.8 Å². The van der Waals surface area contributed by atoms with E-state index in [1.165, 1.54) is 31.2 Å². The molecule has 5 heterocycles. The van der Waals surface area contributed by atoms with Crippen LogP contribution in [0.15, 0.2) is 42.7 Å². The summed E-state index contributed by atoms with van der Waals surface area (Å²) in [6, 6.07) is 12.4. The third kappa shape index (κ3) is 2.92. The standard InChI is InChI=1S/C23H26N6O/c1-28(19-9-16-2-3-17(10-19)26-16)22-7-6-21-20-5-4-18(29-12-15(24)11-25-29)8-14(20)13-30-23(21)27-22/h4-8,11-12,16-17,19,26H,2-3,9-10,13,24H2,1H3/t16-,17+,19-. The van der Waals surface area contributed by atoms with Crippen LogP contribution in [0.4, 0.5) is 11.5 Å². The lowest BCUT2D eigenvalue weighted by Gasteiger charge is -2.36. The molecule has 3 N–H and O–H groups in total. The van der Waals surface area contributed by atoms with Crippen LogP contribution in [-0.2, 0) is 6.61 Å². The Labute approximate surface area is 175 Å². The maximum atomic E-state index is 6.07. The van der Waals surface area contributed by atoms with E-state index < -0.39 is 0 Å². The van der Waals surface area contributed by atoms with Gasteiger partial charge in [0, 0.05) is 30.7 Å². The smallest absolute Gasteiger partial charge is 0.223 e. The van der Waals surface area contributed by atoms with E-state index in [9.17, 15) is 0 Å². The lowest BCUT2D eigenvalue weighted by molar-refractivity contribution is 0.289. The first-order chi connectivity index (χ1) is 14.6. The molecule has 7 heteroatoms. The van der Waals surface area contributed by atoms with Crippen LogP contribution in [-0.4, -0.2) is 39.9 Å². The largest absolute Gasteiger partial charge is 0.472 e. The number of nitrogens with one attached hydrogen (secondary N) is 1. The second-order valence-corrected chi connectivity index (χ2v) is 8.74. The molecule has 0 aliphatic carbocycles. The highest BCUT2D eigenvalue weighted by molar-refractivity contribution is 5.75. The third-order valence-electron chi connectivity index (χ3n) is 6.81. The number of pyridine rings is 1. The SMILES string of the molecule is CN(c1ccc2c(n1)OCc1cc(-n3cc(N)cn3)ccc1-2)[C@@H]1C[C@H]2CC[C@@H](C1)N2. The molecule has 2 saturated heterocycles. The van der Waals surface area contributed by atoms with Crippen molar-refractivity contribution in [3.05, 3.63) is 48.3 Å². The van der Waals surface area contributed by atoms with E-state index in [1.807, 2.05) is 6.20 Å². The Morgan fingerprint density at radius 3 is 2.70 bits per heavy atom. The maximum Gasteiger partial charge on any atom is 0.223 e. The molecule has 3 aliphatic heterocycles. The van der Waals surface area contributed by atoms with Crippen LogP contribution in [0, 0.1) is 0 Å². The molecule has 3 atom stereocenters. The number of nitrogens with two attached hydrogens (primary N) is 1. The van der Waals surface area contributed by atoms with E-state index in [-0.39, 0.29) is 0 Å². The van der Waals surface area contributed by atoms with Crippen LogP contribution >= 0.6 is 0 Å². The molecular formula is C23H26N6O. The van der Waals surface area contributed by atoms with Crippen LogP contribution < -0.4 is 20.7 Å². The van der Waals surface area contributed by atoms with Crippen LogP contribution in [0.2, 0.25) is 0 Å². The lowest BCUT2D eigenvalue weighted by Crippen LogP contribution is -2.47. The molecule has 0 saturated carbocycles. The molecule has 3 aromatic rings. The highest BCUT2D eigenvalue weighted by atomic mass is 16.5. The van der Waals surface area contributed by atoms with Crippen molar-refractivity contribution in [2.75, 3.05) is 17.7 Å². The molecule has 0 radical (unpaired) electrons. The monoisotopic (exact) mass is 402 g/mol. The zero-order valence-corrected chi connectivity index (χ0v) is 17.1. The van der Waals surface area contributed by atoms with Gasteiger partial charge in [0.25, 0.3) is 0 Å². The summed E-state index contributed by atoms with van der Waals surface area (Å²) in [7, 11) is 2.17. The summed E-state index contributed by atoms with van der Waals surface area (Å²) < 4.78 is 7.86. The molecule has 7 nitrogen and oxygen atoms in total. The quantitative estimate of drug-likeness (QED) is 0.701. The Balaban J connectivity index is 1.28. The van der Waals surface area contributed by atoms with Crippen LogP contribution in [0.1, 0.15) is 31.2 Å². The summed E-state index contributed by atoms with van der Waals surface area (Å²) in [6.07, 6.45) is 8.46. The highest BCUT2D eigenvalue weighted by Crippen LogP contribution is 2.39. The van der Waals surface area contributed by atoms with Crippen LogP contribution in [0.5, 0.6) is 5.88 Å². The van der Waals surface area contributed by atoms with E-state index in [1.54, 1.807) is 10.9 Å². The number of nitrogens with zero attached hydrogens (tertiary/aromatic N) is 4. The first kappa shape index (κ1) is 17.8. The molecule has 0 spiro atoms. The molecule has 6 rings (SSSR count). The fraction of sp³-hybridized carbons (Fsp3) is 0.391. The van der Waals surface area contributed by atoms with Crippen molar-refractivity contribution < 1.29 is 4.74 Å². The van der Waals surface area contributed by atoms with Gasteiger partial charge in [0.15, 0.2) is 0 Å². The first-order valence-electron chi connectivity index (χ1n) is 10.7. The fourth-order valence-corrected chi connectivity index (χ4v) is 5.20. The molecule has 0 unspecified atom stereocenters. The van der Waals surface area contributed by atoms with E-state index >= 15 is 0 Å². The van der Waals surface area contributed by atoms with Crippen molar-refractivity contribution >= 4 is 11.5 Å². The molecule has 154 valence electrons. The molecule has 30 heavy (non-hydrogen) atoms. The van der Waals surface area contributed by atoms with E-state index in [4.69, 9.17) is 15.5 Å². The maximum absolute atomic E-state index is 6.07. The number of hydrogen-bond acceptors (Lipinski definition) is 6. The van der Waals surface area contributed by atoms with Crippen molar-refractivity contribution in [3.63, 3.8) is 0 Å². The first-order valence-corrected chi connectivity index (χ1v) is 10.7. The minimum absolute atomic E-state index is 0.505. The molecule has 2 bridgehead atoms. The molecule has 3 aliphatic rings. The summed E-state index contributed by atoms with van der Waals surface area (Å²) in [5, 5.41) is 8.02. The van der Waals surface area contributed by atoms with Crippen molar-refractivity contribution in [1.82, 2.24) is 20.1 Å². The predicted molar refractivity (Wildman–Crippen MR) is 117 cm³/mol. The van der Waals surface area contributed by atoms with Gasteiger partial charge in [0.2, 0.25) is 5.88 Å². The molecule has 2 fully saturated rings. The number of aromatic nitrogens is 3. The van der Waals surface area contributed by atoms with E-state index in [0.29, 0.717) is 30.4 Å². The predicted octanol–water partition coefficient (Wildman–Crippen LogP) is 3.13. The number of piperidine rings is 1. The molecule has 0 amide bonds. The average molecular weight is 403 g/mol. The van der Waals surface area contributed by atoms with Gasteiger partial charge in [0.1, 0.15) is 12.4 Å². The Kier molecular flexibility index (Phi) is 3.99. The fourth-order valence-electron chi connectivity index (χ4n) is 5.20. The van der Waals surface area contributed by atoms with Crippen molar-refractivity contribution in [3.8, 4) is 22.7 Å². The summed E-state index contributed by atoms with van der Waals surface area (Å²) in [4.78, 5) is 7.23. The highest BCUT2D eigenvalue weighted by Gasteiger charge is 2.35. The summed E-state index contributed by atoms with van der Waals surface area (Å²) >= 11 is 0. The van der Waals surface area contributed by atoms with Gasteiger partial charge < -0.3 is 20.7 Å². The van der Waals surface area contributed by atoms with Gasteiger partial charge in [0.05, 0.1) is 23.8 Å². The zero-order valence-electron chi connectivity index (χ0n) is 17.1. The Bertz CT molecular complexity index is 1100. The topological polar surface area (TPSA) is 81.2 Å². The zero-order chi connectivity index (χ0) is 20.2. The summed E-state index contributed by atoms with van der Waals surface area (Å²) in [5.74, 6) is 1.71. The third-order valence-corrected chi connectivity index (χ3v) is 6.81. The molecular weight excluding hydrogens is 376 g/mol. The number of hydrogen-bond donors (Lipinski definition) is 2. The normalized spacial score (nSPS) is 24.1. The second-order valence-electron chi connectivity index (χ2n) is 8.74. The number of anilines is 2. The van der Waals surface area contributed by atoms with Gasteiger partial charge in [-0.05, 0) is 61.1 Å². The van der Waals surface area contributed by atoms with Gasteiger partial charge in [-0.25, -0.2) is 4.68 Å². The van der Waals surface area contributed by atoms with E-state index in [2.05, 4.69) is 52.7 Å². The van der Waals surface area contributed by atoms with Crippen molar-refractivity contribution in [1.29, 1.82) is 0 Å². The lowest BCUT2D eigenvalue weighted by atomic mass is 9.97. The van der Waals surface area contributed by atoms with Gasteiger partial charge in [-0.1, -0.05) is 6.07 Å². The van der Waals surface area contributed by atoms with Gasteiger partial charge in [-0.2, -0.15) is 10.1 Å². The molecule has 2 aromatic heterocycles. The van der Waals surface area contributed by atoms with Gasteiger partial charge >= 0.3 is 0 Å². The number of benzene rings is 1. The number of rotatable bonds is 3.